The summed E-state index contributed by atoms with van der Waals surface area (Å²) >= 11 is 3.58. The zero-order valence-corrected chi connectivity index (χ0v) is 14.3. The first-order chi connectivity index (χ1) is 10.3. The van der Waals surface area contributed by atoms with Crippen LogP contribution in [-0.2, 0) is 4.79 Å². The summed E-state index contributed by atoms with van der Waals surface area (Å²) in [5.41, 5.74) is 1.33. The molecule has 2 aliphatic rings. The van der Waals surface area contributed by atoms with Gasteiger partial charge >= 0.3 is 0 Å². The lowest BCUT2D eigenvalue weighted by Gasteiger charge is -2.24. The van der Waals surface area contributed by atoms with Crippen molar-refractivity contribution in [3.8, 4) is 0 Å². The molecule has 3 rings (SSSR count). The zero-order valence-electron chi connectivity index (χ0n) is 12.7. The van der Waals surface area contributed by atoms with Gasteiger partial charge in [-0.05, 0) is 69.3 Å². The van der Waals surface area contributed by atoms with E-state index in [1.165, 1.54) is 49.3 Å². The molecule has 0 bridgehead atoms. The Hall–Kier alpha value is -0.520. The predicted molar refractivity (Wildman–Crippen MR) is 90.9 cm³/mol. The Morgan fingerprint density at radius 1 is 1.24 bits per heavy atom. The van der Waals surface area contributed by atoms with Crippen LogP contribution >= 0.6 is 23.1 Å². The van der Waals surface area contributed by atoms with Gasteiger partial charge in [-0.2, -0.15) is 0 Å². The molecule has 2 aliphatic heterocycles. The number of hydrogen-bond acceptors (Lipinski definition) is 4. The van der Waals surface area contributed by atoms with Crippen LogP contribution in [0.5, 0.6) is 0 Å². The van der Waals surface area contributed by atoms with Crippen molar-refractivity contribution in [1.29, 1.82) is 0 Å². The quantitative estimate of drug-likeness (QED) is 0.748. The van der Waals surface area contributed by atoms with Gasteiger partial charge in [0.25, 0.3) is 0 Å². The van der Waals surface area contributed by atoms with Gasteiger partial charge in [-0.15, -0.1) is 23.1 Å². The van der Waals surface area contributed by atoms with Gasteiger partial charge in [0, 0.05) is 11.4 Å². The smallest absolute Gasteiger partial charge is 0.233 e. The van der Waals surface area contributed by atoms with E-state index in [1.54, 1.807) is 23.1 Å². The predicted octanol–water partition coefficient (Wildman–Crippen LogP) is 3.51. The van der Waals surface area contributed by atoms with Crippen molar-refractivity contribution in [1.82, 2.24) is 9.80 Å². The number of amides is 1. The molecule has 2 saturated heterocycles. The van der Waals surface area contributed by atoms with E-state index in [-0.39, 0.29) is 5.37 Å². The van der Waals surface area contributed by atoms with Crippen LogP contribution in [0.15, 0.2) is 11.4 Å². The molecule has 0 radical (unpaired) electrons. The summed E-state index contributed by atoms with van der Waals surface area (Å²) in [6.07, 6.45) is 5.07. The van der Waals surface area contributed by atoms with Gasteiger partial charge in [0.2, 0.25) is 5.91 Å². The molecule has 1 aromatic heterocycles. The number of nitrogens with zero attached hydrogens (tertiary/aromatic N) is 2. The van der Waals surface area contributed by atoms with Crippen molar-refractivity contribution in [3.63, 3.8) is 0 Å². The lowest BCUT2D eigenvalue weighted by atomic mass is 10.2. The summed E-state index contributed by atoms with van der Waals surface area (Å²) in [4.78, 5) is 18.2. The average Bonchev–Trinajstić information content (AvgIpc) is 3.18. The summed E-state index contributed by atoms with van der Waals surface area (Å²) < 4.78 is 0. The van der Waals surface area contributed by atoms with Crippen molar-refractivity contribution < 1.29 is 4.79 Å². The molecule has 5 heteroatoms. The van der Waals surface area contributed by atoms with E-state index in [9.17, 15) is 4.79 Å². The van der Waals surface area contributed by atoms with Crippen LogP contribution in [0.3, 0.4) is 0 Å². The standard InChI is InChI=1S/C16H24N2OS2/c1-13-6-11-20-15(13)16-18(14(19)12-21-16)10-5-4-9-17-7-2-3-8-17/h6,11,16H,2-5,7-10,12H2,1H3. The Balaban J connectivity index is 1.50. The van der Waals surface area contributed by atoms with E-state index >= 15 is 0 Å². The van der Waals surface area contributed by atoms with Gasteiger partial charge in [0.15, 0.2) is 0 Å². The maximum Gasteiger partial charge on any atom is 0.233 e. The van der Waals surface area contributed by atoms with E-state index in [0.29, 0.717) is 11.7 Å². The van der Waals surface area contributed by atoms with E-state index in [2.05, 4.69) is 28.2 Å². The number of likely N-dealkylation sites (tertiary alicyclic amines) is 1. The second-order valence-electron chi connectivity index (χ2n) is 5.97. The van der Waals surface area contributed by atoms with Crippen LogP contribution in [0.1, 0.15) is 41.5 Å². The van der Waals surface area contributed by atoms with Crippen LogP contribution in [0, 0.1) is 6.92 Å². The molecule has 0 saturated carbocycles. The van der Waals surface area contributed by atoms with Gasteiger partial charge in [-0.25, -0.2) is 0 Å². The fourth-order valence-electron chi connectivity index (χ4n) is 3.17. The minimum Gasteiger partial charge on any atom is -0.325 e. The fourth-order valence-corrected chi connectivity index (χ4v) is 5.67. The minimum atomic E-state index is 0.268. The summed E-state index contributed by atoms with van der Waals surface area (Å²) in [6.45, 7) is 6.82. The van der Waals surface area contributed by atoms with Crippen LogP contribution in [0.25, 0.3) is 0 Å². The summed E-state index contributed by atoms with van der Waals surface area (Å²) in [6, 6.07) is 2.16. The van der Waals surface area contributed by atoms with E-state index < -0.39 is 0 Å². The van der Waals surface area contributed by atoms with E-state index in [4.69, 9.17) is 0 Å². The number of rotatable bonds is 6. The molecule has 0 spiro atoms. The first kappa shape index (κ1) is 15.4. The fraction of sp³-hybridized carbons (Fsp3) is 0.688. The molecule has 3 heterocycles. The van der Waals surface area contributed by atoms with Gasteiger partial charge in [-0.1, -0.05) is 0 Å². The van der Waals surface area contributed by atoms with Crippen molar-refractivity contribution in [3.05, 3.63) is 21.9 Å². The number of carbonyl (C=O) groups excluding carboxylic acids is 1. The largest absolute Gasteiger partial charge is 0.325 e. The molecule has 116 valence electrons. The molecule has 0 aliphatic carbocycles. The number of unbranched alkanes of at least 4 members (excludes halogenated alkanes) is 1. The number of hydrogen-bond donors (Lipinski definition) is 0. The molecule has 2 fully saturated rings. The van der Waals surface area contributed by atoms with Gasteiger partial charge in [-0.3, -0.25) is 4.79 Å². The summed E-state index contributed by atoms with van der Waals surface area (Å²) in [7, 11) is 0. The minimum absolute atomic E-state index is 0.268. The monoisotopic (exact) mass is 324 g/mol. The molecular weight excluding hydrogens is 300 g/mol. The normalized spacial score (nSPS) is 23.4. The topological polar surface area (TPSA) is 23.6 Å². The van der Waals surface area contributed by atoms with Crippen LogP contribution in [0.4, 0.5) is 0 Å². The van der Waals surface area contributed by atoms with Crippen LogP contribution < -0.4 is 0 Å². The molecule has 1 aromatic rings. The maximum absolute atomic E-state index is 12.1. The van der Waals surface area contributed by atoms with Crippen molar-refractivity contribution in [2.24, 2.45) is 0 Å². The second kappa shape index (κ2) is 7.16. The van der Waals surface area contributed by atoms with Crippen molar-refractivity contribution in [2.75, 3.05) is 31.9 Å². The molecule has 21 heavy (non-hydrogen) atoms. The highest BCUT2D eigenvalue weighted by Crippen LogP contribution is 2.42. The van der Waals surface area contributed by atoms with Gasteiger partial charge in [0.05, 0.1) is 5.75 Å². The number of thiophene rings is 1. The van der Waals surface area contributed by atoms with Gasteiger partial charge < -0.3 is 9.80 Å². The average molecular weight is 325 g/mol. The van der Waals surface area contributed by atoms with Crippen LogP contribution in [0.2, 0.25) is 0 Å². The third-order valence-corrected chi connectivity index (χ3v) is 6.86. The van der Waals surface area contributed by atoms with E-state index in [0.717, 1.165) is 13.0 Å². The van der Waals surface area contributed by atoms with Crippen molar-refractivity contribution >= 4 is 29.0 Å². The Labute approximate surface area is 135 Å². The Bertz CT molecular complexity index is 482. The van der Waals surface area contributed by atoms with E-state index in [1.807, 2.05) is 0 Å². The first-order valence-electron chi connectivity index (χ1n) is 7.93. The summed E-state index contributed by atoms with van der Waals surface area (Å²) in [5.74, 6) is 0.965. The molecule has 1 unspecified atom stereocenters. The number of carbonyl (C=O) groups is 1. The number of thioether (sulfide) groups is 1. The molecule has 0 N–H and O–H groups in total. The lowest BCUT2D eigenvalue weighted by Crippen LogP contribution is -2.30. The maximum atomic E-state index is 12.1. The zero-order chi connectivity index (χ0) is 14.7. The molecule has 0 aromatic carbocycles. The second-order valence-corrected chi connectivity index (χ2v) is 7.99. The first-order valence-corrected chi connectivity index (χ1v) is 9.86. The highest BCUT2D eigenvalue weighted by molar-refractivity contribution is 8.00. The van der Waals surface area contributed by atoms with Crippen molar-refractivity contribution in [2.45, 2.75) is 38.0 Å². The lowest BCUT2D eigenvalue weighted by molar-refractivity contribution is -0.128. The molecule has 1 amide bonds. The molecule has 1 atom stereocenters. The number of aryl methyl sites for hydroxylation is 1. The Morgan fingerprint density at radius 2 is 2.00 bits per heavy atom. The third-order valence-electron chi connectivity index (χ3n) is 4.42. The summed E-state index contributed by atoms with van der Waals surface area (Å²) in [5, 5.41) is 2.41. The Kier molecular flexibility index (Phi) is 5.24. The Morgan fingerprint density at radius 3 is 2.71 bits per heavy atom. The van der Waals surface area contributed by atoms with Crippen LogP contribution in [-0.4, -0.2) is 47.6 Å². The third kappa shape index (κ3) is 3.63. The highest BCUT2D eigenvalue weighted by Gasteiger charge is 2.33. The SMILES string of the molecule is Cc1ccsc1C1SCC(=O)N1CCCCN1CCCC1. The highest BCUT2D eigenvalue weighted by atomic mass is 32.2. The molecule has 3 nitrogen and oxygen atoms in total. The van der Waals surface area contributed by atoms with Gasteiger partial charge in [0.1, 0.15) is 5.37 Å². The molecular formula is C16H24N2OS2.